The van der Waals surface area contributed by atoms with E-state index < -0.39 is 24.4 Å². The van der Waals surface area contributed by atoms with Gasteiger partial charge in [-0.1, -0.05) is 0 Å². The second kappa shape index (κ2) is 6.02. The van der Waals surface area contributed by atoms with Crippen LogP contribution in [0.5, 0.6) is 0 Å². The Labute approximate surface area is 91.0 Å². The minimum Gasteiger partial charge on any atom is -0.481 e. The fourth-order valence-electron chi connectivity index (χ4n) is 0.275. The number of nitrogens with two attached hydrogens (primary N) is 1. The summed E-state index contributed by atoms with van der Waals surface area (Å²) < 4.78 is 0. The number of rotatable bonds is 3. The maximum atomic E-state index is 9.85. The van der Waals surface area contributed by atoms with Gasteiger partial charge in [-0.3, -0.25) is 9.59 Å². The van der Waals surface area contributed by atoms with E-state index in [1.54, 1.807) is 0 Å². The van der Waals surface area contributed by atoms with Crippen molar-refractivity contribution in [3.8, 4) is 0 Å². The standard InChI is InChI=1S/C4H7NO4.Ce/c5-2(4(8)9)1-3(6)7;/h2H,1,5H2,(H,6,7)(H,8,9);/t2-;/m0./s1. The van der Waals surface area contributed by atoms with Crippen LogP contribution < -0.4 is 5.73 Å². The second-order valence-electron chi connectivity index (χ2n) is 1.54. The molecular weight excluding hydrogens is 266 g/mol. The van der Waals surface area contributed by atoms with Crippen LogP contribution in [0.15, 0.2) is 0 Å². The van der Waals surface area contributed by atoms with Crippen LogP contribution in [0.3, 0.4) is 0 Å². The van der Waals surface area contributed by atoms with Crippen molar-refractivity contribution >= 4 is 11.9 Å². The van der Waals surface area contributed by atoms with E-state index in [0.717, 1.165) is 0 Å². The van der Waals surface area contributed by atoms with Gasteiger partial charge in [-0.05, 0) is 0 Å². The predicted molar refractivity (Wildman–Crippen MR) is 27.9 cm³/mol. The monoisotopic (exact) mass is 273 g/mol. The van der Waals surface area contributed by atoms with Crippen molar-refractivity contribution in [2.45, 2.75) is 12.5 Å². The molecule has 0 aliphatic carbocycles. The van der Waals surface area contributed by atoms with Crippen molar-refractivity contribution < 1.29 is 61.5 Å². The Morgan fingerprint density at radius 3 is 1.90 bits per heavy atom. The summed E-state index contributed by atoms with van der Waals surface area (Å²) in [7, 11) is 0. The zero-order valence-corrected chi connectivity index (χ0v) is 8.21. The van der Waals surface area contributed by atoms with Crippen LogP contribution in [0.1, 0.15) is 6.42 Å². The topological polar surface area (TPSA) is 101 Å². The van der Waals surface area contributed by atoms with Gasteiger partial charge in [-0.15, -0.1) is 0 Å². The maximum absolute atomic E-state index is 9.85. The molecule has 56 valence electrons. The molecule has 0 bridgehead atoms. The number of carboxylic acid groups (broad SMARTS) is 2. The summed E-state index contributed by atoms with van der Waals surface area (Å²) in [4.78, 5) is 19.6. The molecule has 4 N–H and O–H groups in total. The first-order valence-electron chi connectivity index (χ1n) is 2.24. The molecule has 0 amide bonds. The minimum absolute atomic E-state index is 0. The maximum Gasteiger partial charge on any atom is 0.321 e. The largest absolute Gasteiger partial charge is 0.481 e. The van der Waals surface area contributed by atoms with Gasteiger partial charge in [0.1, 0.15) is 6.04 Å². The molecule has 0 spiro atoms. The Morgan fingerprint density at radius 2 is 1.80 bits per heavy atom. The third kappa shape index (κ3) is 6.40. The molecule has 0 aliphatic rings. The number of hydrogen-bond acceptors (Lipinski definition) is 3. The van der Waals surface area contributed by atoms with Crippen molar-refractivity contribution in [2.75, 3.05) is 0 Å². The summed E-state index contributed by atoms with van der Waals surface area (Å²) in [6.07, 6.45) is -0.532. The first kappa shape index (κ1) is 12.9. The minimum atomic E-state index is -1.29. The fraction of sp³-hybridized carbons (Fsp3) is 0.500. The van der Waals surface area contributed by atoms with Gasteiger partial charge < -0.3 is 15.9 Å². The van der Waals surface area contributed by atoms with Crippen LogP contribution in [0.2, 0.25) is 0 Å². The van der Waals surface area contributed by atoms with Gasteiger partial charge in [-0.25, -0.2) is 0 Å². The smallest absolute Gasteiger partial charge is 0.321 e. The number of carbonyl (C=O) groups is 2. The Bertz CT molecular complexity index is 137. The third-order valence-corrected chi connectivity index (χ3v) is 0.712. The summed E-state index contributed by atoms with van der Waals surface area (Å²) in [5, 5.41) is 16.0. The van der Waals surface area contributed by atoms with Crippen molar-refractivity contribution in [1.29, 1.82) is 0 Å². The second-order valence-corrected chi connectivity index (χ2v) is 1.54. The molecule has 0 heterocycles. The van der Waals surface area contributed by atoms with Crippen molar-refractivity contribution in [3.63, 3.8) is 0 Å². The molecule has 10 heavy (non-hydrogen) atoms. The summed E-state index contributed by atoms with van der Waals surface area (Å²) in [6.45, 7) is 0. The molecule has 0 aromatic carbocycles. The van der Waals surface area contributed by atoms with Gasteiger partial charge in [0.25, 0.3) is 0 Å². The van der Waals surface area contributed by atoms with E-state index in [4.69, 9.17) is 15.9 Å². The van der Waals surface area contributed by atoms with E-state index in [9.17, 15) is 9.59 Å². The molecule has 0 unspecified atom stereocenters. The number of hydrogen-bond donors (Lipinski definition) is 3. The van der Waals surface area contributed by atoms with Crippen molar-refractivity contribution in [3.05, 3.63) is 0 Å². The predicted octanol–water partition coefficient (Wildman–Crippen LogP) is -1.13. The molecular formula is C4H7CeNO4. The van der Waals surface area contributed by atoms with Crippen LogP contribution >= 0.6 is 0 Å². The molecule has 0 aromatic heterocycles. The molecule has 0 aromatic rings. The molecule has 0 radical (unpaired) electrons. The normalized spacial score (nSPS) is 11.3. The fourth-order valence-corrected chi connectivity index (χ4v) is 0.275. The SMILES string of the molecule is N[C@@H](CC(=O)O)C(=O)O.[Ce]. The summed E-state index contributed by atoms with van der Waals surface area (Å²) in [5.41, 5.74) is 4.84. The van der Waals surface area contributed by atoms with E-state index in [-0.39, 0.29) is 41.7 Å². The Balaban J connectivity index is 0. The van der Waals surface area contributed by atoms with Gasteiger partial charge in [0.05, 0.1) is 6.42 Å². The Kier molecular flexibility index (Phi) is 7.77. The molecule has 0 fully saturated rings. The van der Waals surface area contributed by atoms with Crippen LogP contribution in [0.25, 0.3) is 0 Å². The van der Waals surface area contributed by atoms with E-state index in [2.05, 4.69) is 0 Å². The zero-order valence-electron chi connectivity index (χ0n) is 5.07. The van der Waals surface area contributed by atoms with Crippen LogP contribution in [0, 0.1) is 41.7 Å². The van der Waals surface area contributed by atoms with Gasteiger partial charge >= 0.3 is 11.9 Å². The molecule has 1 atom stereocenters. The molecule has 0 rings (SSSR count). The molecule has 6 heteroatoms. The van der Waals surface area contributed by atoms with Gasteiger partial charge in [0.15, 0.2) is 0 Å². The van der Waals surface area contributed by atoms with E-state index in [0.29, 0.717) is 0 Å². The molecule has 0 saturated heterocycles. The quantitative estimate of drug-likeness (QED) is 0.604. The van der Waals surface area contributed by atoms with Gasteiger partial charge in [0.2, 0.25) is 0 Å². The average molecular weight is 273 g/mol. The molecule has 0 aliphatic heterocycles. The van der Waals surface area contributed by atoms with Gasteiger partial charge in [-0.2, -0.15) is 0 Å². The summed E-state index contributed by atoms with van der Waals surface area (Å²) in [6, 6.07) is -1.29. The molecule has 0 saturated carbocycles. The van der Waals surface area contributed by atoms with E-state index >= 15 is 0 Å². The third-order valence-electron chi connectivity index (χ3n) is 0.712. The average Bonchev–Trinajstić information content (AvgIpc) is 1.63. The van der Waals surface area contributed by atoms with Crippen molar-refractivity contribution in [2.24, 2.45) is 5.73 Å². The van der Waals surface area contributed by atoms with E-state index in [1.807, 2.05) is 0 Å². The first-order valence-corrected chi connectivity index (χ1v) is 2.24. The van der Waals surface area contributed by atoms with Crippen LogP contribution in [0.4, 0.5) is 0 Å². The first-order chi connectivity index (χ1) is 4.04. The zero-order chi connectivity index (χ0) is 7.44. The van der Waals surface area contributed by atoms with Crippen molar-refractivity contribution in [1.82, 2.24) is 0 Å². The number of carboxylic acids is 2. The van der Waals surface area contributed by atoms with E-state index in [1.165, 1.54) is 0 Å². The van der Waals surface area contributed by atoms with Crippen LogP contribution in [-0.2, 0) is 9.59 Å². The Hall–Kier alpha value is 0.277. The van der Waals surface area contributed by atoms with Gasteiger partial charge in [0, 0.05) is 41.7 Å². The summed E-state index contributed by atoms with van der Waals surface area (Å²) in [5.74, 6) is -2.50. The Morgan fingerprint density at radius 1 is 1.40 bits per heavy atom. The summed E-state index contributed by atoms with van der Waals surface area (Å²) >= 11 is 0. The number of aliphatic carboxylic acids is 2. The molecule has 5 nitrogen and oxygen atoms in total. The van der Waals surface area contributed by atoms with Crippen LogP contribution in [-0.4, -0.2) is 28.2 Å².